The predicted molar refractivity (Wildman–Crippen MR) is 96.0 cm³/mol. The molecule has 0 saturated carbocycles. The lowest BCUT2D eigenvalue weighted by molar-refractivity contribution is -0.115. The van der Waals surface area contributed by atoms with E-state index in [-0.39, 0.29) is 12.3 Å². The predicted octanol–water partition coefficient (Wildman–Crippen LogP) is 3.87. The molecule has 0 aliphatic carbocycles. The SMILES string of the molecule is O=C(Cc1csc(-c2ccccc2)n1)Nc1nc2ccccc2[nH]1. The van der Waals surface area contributed by atoms with Gasteiger partial charge in [-0.2, -0.15) is 0 Å². The Balaban J connectivity index is 1.45. The second-order valence-corrected chi connectivity index (χ2v) is 6.20. The number of aromatic amines is 1. The van der Waals surface area contributed by atoms with E-state index in [0.29, 0.717) is 5.95 Å². The van der Waals surface area contributed by atoms with Crippen LogP contribution in [0.2, 0.25) is 0 Å². The first-order valence-corrected chi connectivity index (χ1v) is 8.40. The average Bonchev–Trinajstić information content (AvgIpc) is 3.21. The van der Waals surface area contributed by atoms with Crippen LogP contribution in [0.4, 0.5) is 5.95 Å². The lowest BCUT2D eigenvalue weighted by atomic mass is 10.2. The molecular formula is C18H14N4OS. The van der Waals surface area contributed by atoms with E-state index in [1.54, 1.807) is 11.3 Å². The number of imidazole rings is 1. The number of H-pyrrole nitrogens is 1. The Labute approximate surface area is 142 Å². The van der Waals surface area contributed by atoms with Crippen molar-refractivity contribution in [1.29, 1.82) is 0 Å². The summed E-state index contributed by atoms with van der Waals surface area (Å²) in [7, 11) is 0. The Morgan fingerprint density at radius 2 is 1.83 bits per heavy atom. The van der Waals surface area contributed by atoms with Gasteiger partial charge in [0.15, 0.2) is 0 Å². The number of amides is 1. The van der Waals surface area contributed by atoms with Crippen LogP contribution in [0.1, 0.15) is 5.69 Å². The highest BCUT2D eigenvalue weighted by Gasteiger charge is 2.11. The molecule has 0 atom stereocenters. The average molecular weight is 334 g/mol. The first kappa shape index (κ1) is 14.6. The van der Waals surface area contributed by atoms with Crippen molar-refractivity contribution in [3.63, 3.8) is 0 Å². The van der Waals surface area contributed by atoms with Crippen LogP contribution in [0.5, 0.6) is 0 Å². The highest BCUT2D eigenvalue weighted by atomic mass is 32.1. The van der Waals surface area contributed by atoms with E-state index in [0.717, 1.165) is 27.3 Å². The molecule has 5 nitrogen and oxygen atoms in total. The fourth-order valence-electron chi connectivity index (χ4n) is 2.45. The Hall–Kier alpha value is -2.99. The van der Waals surface area contributed by atoms with Gasteiger partial charge in [0.2, 0.25) is 11.9 Å². The smallest absolute Gasteiger partial charge is 0.232 e. The summed E-state index contributed by atoms with van der Waals surface area (Å²) < 4.78 is 0. The Morgan fingerprint density at radius 1 is 1.04 bits per heavy atom. The maximum atomic E-state index is 12.2. The third kappa shape index (κ3) is 3.04. The van der Waals surface area contributed by atoms with Crippen LogP contribution in [0, 0.1) is 0 Å². The van der Waals surface area contributed by atoms with Crippen LogP contribution in [-0.2, 0) is 11.2 Å². The molecule has 0 saturated heterocycles. The number of nitrogens with one attached hydrogen (secondary N) is 2. The number of benzene rings is 2. The number of carbonyl (C=O) groups excluding carboxylic acids is 1. The van der Waals surface area contributed by atoms with Crippen LogP contribution in [-0.4, -0.2) is 20.9 Å². The number of carbonyl (C=O) groups is 1. The summed E-state index contributed by atoms with van der Waals surface area (Å²) in [5, 5.41) is 5.62. The molecule has 0 spiro atoms. The Morgan fingerprint density at radius 3 is 2.67 bits per heavy atom. The third-order valence-electron chi connectivity index (χ3n) is 3.56. The molecule has 24 heavy (non-hydrogen) atoms. The molecule has 1 amide bonds. The summed E-state index contributed by atoms with van der Waals surface area (Å²) in [5.74, 6) is 0.318. The van der Waals surface area contributed by atoms with E-state index in [2.05, 4.69) is 20.3 Å². The fourth-order valence-corrected chi connectivity index (χ4v) is 3.28. The van der Waals surface area contributed by atoms with E-state index >= 15 is 0 Å². The van der Waals surface area contributed by atoms with Crippen molar-refractivity contribution in [3.05, 3.63) is 65.7 Å². The number of hydrogen-bond donors (Lipinski definition) is 2. The van der Waals surface area contributed by atoms with Gasteiger partial charge in [0, 0.05) is 10.9 Å². The standard InChI is InChI=1S/C18H14N4OS/c23-16(22-18-20-14-8-4-5-9-15(14)21-18)10-13-11-24-17(19-13)12-6-2-1-3-7-12/h1-9,11H,10H2,(H2,20,21,22,23). The van der Waals surface area contributed by atoms with Gasteiger partial charge in [-0.25, -0.2) is 9.97 Å². The van der Waals surface area contributed by atoms with Gasteiger partial charge in [0.1, 0.15) is 5.01 Å². The number of anilines is 1. The molecular weight excluding hydrogens is 320 g/mol. The first-order chi connectivity index (χ1) is 11.8. The second-order valence-electron chi connectivity index (χ2n) is 5.34. The molecule has 0 fully saturated rings. The minimum Gasteiger partial charge on any atom is -0.324 e. The van der Waals surface area contributed by atoms with Crippen LogP contribution in [0.25, 0.3) is 21.6 Å². The molecule has 2 heterocycles. The van der Waals surface area contributed by atoms with E-state index in [1.807, 2.05) is 60.0 Å². The van der Waals surface area contributed by atoms with E-state index in [1.165, 1.54) is 0 Å². The van der Waals surface area contributed by atoms with Gasteiger partial charge < -0.3 is 4.98 Å². The van der Waals surface area contributed by atoms with Gasteiger partial charge >= 0.3 is 0 Å². The lowest BCUT2D eigenvalue weighted by Crippen LogP contribution is -2.15. The minimum atomic E-state index is -0.140. The van der Waals surface area contributed by atoms with Crippen molar-refractivity contribution in [2.45, 2.75) is 6.42 Å². The Bertz CT molecular complexity index is 957. The highest BCUT2D eigenvalue weighted by Crippen LogP contribution is 2.23. The van der Waals surface area contributed by atoms with E-state index in [9.17, 15) is 4.79 Å². The van der Waals surface area contributed by atoms with Crippen molar-refractivity contribution in [3.8, 4) is 10.6 Å². The zero-order valence-corrected chi connectivity index (χ0v) is 13.5. The van der Waals surface area contributed by atoms with Gasteiger partial charge in [0.25, 0.3) is 0 Å². The summed E-state index contributed by atoms with van der Waals surface area (Å²) in [6, 6.07) is 17.6. The molecule has 0 radical (unpaired) electrons. The van der Waals surface area contributed by atoms with Gasteiger partial charge in [-0.15, -0.1) is 11.3 Å². The number of hydrogen-bond acceptors (Lipinski definition) is 4. The van der Waals surface area contributed by atoms with Crippen molar-refractivity contribution >= 4 is 34.2 Å². The van der Waals surface area contributed by atoms with Crippen molar-refractivity contribution in [2.75, 3.05) is 5.32 Å². The summed E-state index contributed by atoms with van der Waals surface area (Å²) in [5.41, 5.74) is 3.54. The molecule has 2 aromatic heterocycles. The number of rotatable bonds is 4. The van der Waals surface area contributed by atoms with Crippen molar-refractivity contribution < 1.29 is 4.79 Å². The molecule has 6 heteroatoms. The van der Waals surface area contributed by atoms with Crippen LogP contribution >= 0.6 is 11.3 Å². The molecule has 0 unspecified atom stereocenters. The largest absolute Gasteiger partial charge is 0.324 e. The topological polar surface area (TPSA) is 70.7 Å². The molecule has 0 aliphatic rings. The second kappa shape index (κ2) is 6.25. The van der Waals surface area contributed by atoms with Gasteiger partial charge in [0.05, 0.1) is 23.1 Å². The summed E-state index contributed by atoms with van der Waals surface area (Å²) in [4.78, 5) is 24.2. The van der Waals surface area contributed by atoms with Crippen LogP contribution in [0.3, 0.4) is 0 Å². The molecule has 118 valence electrons. The van der Waals surface area contributed by atoms with Gasteiger partial charge in [-0.3, -0.25) is 10.1 Å². The number of fused-ring (bicyclic) bond motifs is 1. The summed E-state index contributed by atoms with van der Waals surface area (Å²) >= 11 is 1.54. The lowest BCUT2D eigenvalue weighted by Gasteiger charge is -1.99. The highest BCUT2D eigenvalue weighted by molar-refractivity contribution is 7.13. The minimum absolute atomic E-state index is 0.140. The molecule has 4 rings (SSSR count). The summed E-state index contributed by atoms with van der Waals surface area (Å²) in [6.07, 6.45) is 0.223. The maximum Gasteiger partial charge on any atom is 0.232 e. The third-order valence-corrected chi connectivity index (χ3v) is 4.50. The van der Waals surface area contributed by atoms with E-state index in [4.69, 9.17) is 0 Å². The zero-order chi connectivity index (χ0) is 16.4. The van der Waals surface area contributed by atoms with Crippen LogP contribution < -0.4 is 5.32 Å². The zero-order valence-electron chi connectivity index (χ0n) is 12.7. The normalized spacial score (nSPS) is 10.8. The van der Waals surface area contributed by atoms with Gasteiger partial charge in [-0.05, 0) is 12.1 Å². The molecule has 2 aromatic carbocycles. The number of thiazole rings is 1. The monoisotopic (exact) mass is 334 g/mol. The Kier molecular flexibility index (Phi) is 3.80. The first-order valence-electron chi connectivity index (χ1n) is 7.52. The summed E-state index contributed by atoms with van der Waals surface area (Å²) in [6.45, 7) is 0. The number of para-hydroxylation sites is 2. The van der Waals surface area contributed by atoms with Gasteiger partial charge in [-0.1, -0.05) is 42.5 Å². The molecule has 0 aliphatic heterocycles. The van der Waals surface area contributed by atoms with Crippen molar-refractivity contribution in [1.82, 2.24) is 15.0 Å². The maximum absolute atomic E-state index is 12.2. The number of aromatic nitrogens is 3. The number of nitrogens with zero attached hydrogens (tertiary/aromatic N) is 2. The van der Waals surface area contributed by atoms with Crippen LogP contribution in [0.15, 0.2) is 60.0 Å². The molecule has 0 bridgehead atoms. The van der Waals surface area contributed by atoms with Crippen molar-refractivity contribution in [2.24, 2.45) is 0 Å². The molecule has 4 aromatic rings. The fraction of sp³-hybridized carbons (Fsp3) is 0.0556. The quantitative estimate of drug-likeness (QED) is 0.595. The van der Waals surface area contributed by atoms with E-state index < -0.39 is 0 Å². The molecule has 2 N–H and O–H groups in total.